The molecule has 0 N–H and O–H groups in total. The molecule has 0 radical (unpaired) electrons. The molecule has 238 valence electrons. The van der Waals surface area contributed by atoms with Crippen molar-refractivity contribution in [3.8, 4) is 44.5 Å². The Labute approximate surface area is 299 Å². The number of benzene rings is 8. The van der Waals surface area contributed by atoms with E-state index in [0.717, 1.165) is 11.1 Å². The molecule has 3 aromatic heterocycles. The second-order valence-electron chi connectivity index (χ2n) is 13.2. The molecule has 11 rings (SSSR count). The molecule has 0 aliphatic carbocycles. The summed E-state index contributed by atoms with van der Waals surface area (Å²) in [4.78, 5) is 0. The number of furan rings is 2. The molecule has 0 spiro atoms. The van der Waals surface area contributed by atoms with Gasteiger partial charge in [-0.25, -0.2) is 0 Å². The van der Waals surface area contributed by atoms with Gasteiger partial charge in [-0.2, -0.15) is 0 Å². The van der Waals surface area contributed by atoms with Crippen molar-refractivity contribution in [1.82, 2.24) is 0 Å². The minimum absolute atomic E-state index is 0.205. The maximum atomic E-state index is 5.61. The van der Waals surface area contributed by atoms with Crippen LogP contribution < -0.4 is 0 Å². The molecule has 51 heavy (non-hydrogen) atoms. The molecule has 0 aliphatic heterocycles. The molecule has 0 saturated heterocycles. The number of hydrogen-bond acceptors (Lipinski definition) is 2. The van der Waals surface area contributed by atoms with Crippen molar-refractivity contribution in [2.24, 2.45) is 0 Å². The molecular weight excluding hydrogens is 687 g/mol. The summed E-state index contributed by atoms with van der Waals surface area (Å²) in [5, 5.41) is 12.6. The molecule has 2 nitrogen and oxygen atoms in total. The van der Waals surface area contributed by atoms with E-state index < -0.39 is 0 Å². The summed E-state index contributed by atoms with van der Waals surface area (Å²) in [5.74, 6) is 0. The van der Waals surface area contributed by atoms with Crippen molar-refractivity contribution in [3.05, 3.63) is 171 Å². The van der Waals surface area contributed by atoms with Gasteiger partial charge >= 0.3 is 301 Å². The van der Waals surface area contributed by atoms with E-state index in [1.54, 1.807) is 12.5 Å². The number of rotatable bonds is 4. The van der Waals surface area contributed by atoms with E-state index in [0.29, 0.717) is 0 Å². The molecule has 0 atom stereocenters. The zero-order valence-electron chi connectivity index (χ0n) is 27.4. The third-order valence-electron chi connectivity index (χ3n) is 10.5. The van der Waals surface area contributed by atoms with Gasteiger partial charge < -0.3 is 0 Å². The van der Waals surface area contributed by atoms with Gasteiger partial charge in [-0.1, -0.05) is 0 Å². The molecule has 0 bridgehead atoms. The molecule has 0 amide bonds. The van der Waals surface area contributed by atoms with Gasteiger partial charge in [-0.05, 0) is 0 Å². The zero-order valence-corrected chi connectivity index (χ0v) is 29.1. The molecule has 0 aliphatic rings. The third-order valence-corrected chi connectivity index (χ3v) is 12.9. The van der Waals surface area contributed by atoms with Crippen molar-refractivity contribution < 1.29 is 8.83 Å². The van der Waals surface area contributed by atoms with Crippen LogP contribution >= 0.6 is 0 Å². The molecular formula is C48H28O2Se. The molecule has 11 aromatic rings. The van der Waals surface area contributed by atoms with E-state index in [-0.39, 0.29) is 14.5 Å². The molecule has 3 heterocycles. The first kappa shape index (κ1) is 28.7. The summed E-state index contributed by atoms with van der Waals surface area (Å²) >= 11 is 0.205. The Kier molecular flexibility index (Phi) is 6.30. The Morgan fingerprint density at radius 3 is 1.24 bits per heavy atom. The molecule has 8 aromatic carbocycles. The second kappa shape index (κ2) is 11.2. The summed E-state index contributed by atoms with van der Waals surface area (Å²) in [7, 11) is 0. The fourth-order valence-electron chi connectivity index (χ4n) is 8.48. The van der Waals surface area contributed by atoms with Crippen LogP contribution in [0, 0.1) is 0 Å². The Bertz CT molecular complexity index is 3010. The van der Waals surface area contributed by atoms with Crippen LogP contribution in [0.5, 0.6) is 0 Å². The van der Waals surface area contributed by atoms with Gasteiger partial charge in [-0.15, -0.1) is 0 Å². The van der Waals surface area contributed by atoms with Crippen molar-refractivity contribution in [3.63, 3.8) is 0 Å². The first-order valence-corrected chi connectivity index (χ1v) is 18.9. The second-order valence-corrected chi connectivity index (χ2v) is 15.5. The fraction of sp³-hybridized carbons (Fsp3) is 0. The van der Waals surface area contributed by atoms with E-state index in [1.165, 1.54) is 95.8 Å². The van der Waals surface area contributed by atoms with Crippen LogP contribution in [-0.2, 0) is 0 Å². The molecule has 0 saturated carbocycles. The summed E-state index contributed by atoms with van der Waals surface area (Å²) in [6.07, 6.45) is 7.26. The molecule has 3 heteroatoms. The van der Waals surface area contributed by atoms with Gasteiger partial charge in [0.15, 0.2) is 0 Å². The van der Waals surface area contributed by atoms with E-state index in [1.807, 2.05) is 12.5 Å². The van der Waals surface area contributed by atoms with Gasteiger partial charge in [0.2, 0.25) is 0 Å². The van der Waals surface area contributed by atoms with Crippen LogP contribution in [0.3, 0.4) is 0 Å². The molecule has 0 unspecified atom stereocenters. The average molecular weight is 716 g/mol. The fourth-order valence-corrected chi connectivity index (χ4v) is 10.8. The van der Waals surface area contributed by atoms with Crippen molar-refractivity contribution in [2.45, 2.75) is 0 Å². The van der Waals surface area contributed by atoms with Gasteiger partial charge in [0.25, 0.3) is 0 Å². The summed E-state index contributed by atoms with van der Waals surface area (Å²) in [6, 6.07) is 53.7. The van der Waals surface area contributed by atoms with Crippen LogP contribution in [0.4, 0.5) is 0 Å². The number of hydrogen-bond donors (Lipinski definition) is 0. The maximum absolute atomic E-state index is 5.61. The van der Waals surface area contributed by atoms with Crippen LogP contribution in [-0.4, -0.2) is 14.5 Å². The van der Waals surface area contributed by atoms with E-state index >= 15 is 0 Å². The first-order chi connectivity index (χ1) is 25.3. The Hall–Kier alpha value is -6.12. The summed E-state index contributed by atoms with van der Waals surface area (Å²) in [5.41, 5.74) is 9.73. The van der Waals surface area contributed by atoms with Crippen molar-refractivity contribution in [1.29, 1.82) is 0 Å². The monoisotopic (exact) mass is 716 g/mol. The summed E-state index contributed by atoms with van der Waals surface area (Å²) in [6.45, 7) is 0. The zero-order chi connectivity index (χ0) is 33.5. The topological polar surface area (TPSA) is 26.3 Å². The predicted molar refractivity (Wildman–Crippen MR) is 215 cm³/mol. The van der Waals surface area contributed by atoms with E-state index in [9.17, 15) is 0 Å². The van der Waals surface area contributed by atoms with Gasteiger partial charge in [-0.3, -0.25) is 0 Å². The predicted octanol–water partition coefficient (Wildman–Crippen LogP) is 13.5. The Balaban J connectivity index is 1.24. The van der Waals surface area contributed by atoms with Gasteiger partial charge in [0.1, 0.15) is 0 Å². The Morgan fingerprint density at radius 2 is 0.784 bits per heavy atom. The first-order valence-electron chi connectivity index (χ1n) is 17.2. The van der Waals surface area contributed by atoms with Gasteiger partial charge in [0.05, 0.1) is 0 Å². The van der Waals surface area contributed by atoms with Crippen LogP contribution in [0.25, 0.3) is 107 Å². The van der Waals surface area contributed by atoms with Crippen molar-refractivity contribution >= 4 is 76.9 Å². The third kappa shape index (κ3) is 4.23. The van der Waals surface area contributed by atoms with Crippen LogP contribution in [0.2, 0.25) is 0 Å². The standard InChI is InChI=1S/C48H28O2Se/c1-3-12-34-32(10-1)44(33-11-2-4-13-35(33)45(34)30-22-24-49-27-30)29-20-21-42-41(26-29)48-40(18-9-19-43(48)51-42)47-38-16-7-5-14-36(38)46(31-23-25-50-28-31)37-15-6-8-17-39(37)47/h1-28H. The van der Waals surface area contributed by atoms with Crippen LogP contribution in [0.1, 0.15) is 0 Å². The average Bonchev–Trinajstić information content (AvgIpc) is 3.98. The van der Waals surface area contributed by atoms with Gasteiger partial charge in [0, 0.05) is 0 Å². The normalized spacial score (nSPS) is 11.9. The summed E-state index contributed by atoms with van der Waals surface area (Å²) < 4.78 is 14.1. The van der Waals surface area contributed by atoms with Crippen molar-refractivity contribution in [2.75, 3.05) is 0 Å². The van der Waals surface area contributed by atoms with E-state index in [4.69, 9.17) is 8.83 Å². The molecule has 0 fully saturated rings. The minimum atomic E-state index is 0.205. The van der Waals surface area contributed by atoms with E-state index in [2.05, 4.69) is 146 Å². The number of fused-ring (bicyclic) bond motifs is 7. The quantitative estimate of drug-likeness (QED) is 0.134. The SMILES string of the molecule is c1cc(-c2c3ccccc3c(-c3ccoc3)c3ccccc23)c2c(c1)[se]c1ccc(-c3c4ccccc4c(-c4ccoc4)c4ccccc34)cc12. The Morgan fingerprint density at radius 1 is 0.333 bits per heavy atom. The van der Waals surface area contributed by atoms with Crippen LogP contribution in [0.15, 0.2) is 179 Å².